The van der Waals surface area contributed by atoms with Crippen LogP contribution in [0.25, 0.3) is 12.2 Å². The van der Waals surface area contributed by atoms with Crippen LogP contribution in [-0.4, -0.2) is 8.32 Å². The van der Waals surface area contributed by atoms with Crippen molar-refractivity contribution in [1.29, 1.82) is 0 Å². The molecular weight excluding hydrogens is 308 g/mol. The van der Waals surface area contributed by atoms with E-state index >= 15 is 0 Å². The highest BCUT2D eigenvalue weighted by molar-refractivity contribution is 6.74. The summed E-state index contributed by atoms with van der Waals surface area (Å²) < 4.78 is 6.87. The maximum Gasteiger partial charge on any atom is 0.192 e. The SMILES string of the molecule is CC(C)(C)[Si](C)(C)OC1Cc2ccccc2/C=C\c2ccccc21. The summed E-state index contributed by atoms with van der Waals surface area (Å²) in [6, 6.07) is 17.3. The van der Waals surface area contributed by atoms with E-state index in [9.17, 15) is 0 Å². The highest BCUT2D eigenvalue weighted by Gasteiger charge is 2.39. The van der Waals surface area contributed by atoms with Gasteiger partial charge in [-0.25, -0.2) is 0 Å². The van der Waals surface area contributed by atoms with E-state index in [4.69, 9.17) is 4.43 Å². The van der Waals surface area contributed by atoms with Crippen LogP contribution in [0.2, 0.25) is 18.1 Å². The van der Waals surface area contributed by atoms with Crippen LogP contribution in [0.1, 0.15) is 49.1 Å². The molecule has 0 bridgehead atoms. The van der Waals surface area contributed by atoms with Crippen molar-refractivity contribution in [3.63, 3.8) is 0 Å². The lowest BCUT2D eigenvalue weighted by atomic mass is 9.91. The van der Waals surface area contributed by atoms with Gasteiger partial charge in [0.05, 0.1) is 6.10 Å². The fraction of sp³-hybridized carbons (Fsp3) is 0.364. The molecule has 2 heteroatoms. The number of benzene rings is 2. The minimum absolute atomic E-state index is 0.119. The van der Waals surface area contributed by atoms with Crippen molar-refractivity contribution in [3.8, 4) is 0 Å². The fourth-order valence-electron chi connectivity index (χ4n) is 2.97. The van der Waals surface area contributed by atoms with E-state index in [1.54, 1.807) is 0 Å². The molecule has 0 aromatic heterocycles. The summed E-state index contributed by atoms with van der Waals surface area (Å²) in [7, 11) is -1.84. The third kappa shape index (κ3) is 3.40. The summed E-state index contributed by atoms with van der Waals surface area (Å²) >= 11 is 0. The lowest BCUT2D eigenvalue weighted by molar-refractivity contribution is 0.183. The number of fused-ring (bicyclic) bond motifs is 2. The predicted molar refractivity (Wildman–Crippen MR) is 107 cm³/mol. The minimum atomic E-state index is -1.84. The highest BCUT2D eigenvalue weighted by atomic mass is 28.4. The third-order valence-electron chi connectivity index (χ3n) is 5.49. The van der Waals surface area contributed by atoms with Crippen molar-refractivity contribution in [2.45, 2.75) is 51.4 Å². The maximum atomic E-state index is 6.87. The number of hydrogen-bond donors (Lipinski definition) is 0. The first kappa shape index (κ1) is 17.2. The van der Waals surface area contributed by atoms with E-state index in [0.717, 1.165) is 6.42 Å². The minimum Gasteiger partial charge on any atom is -0.410 e. The molecule has 2 aromatic rings. The zero-order valence-corrected chi connectivity index (χ0v) is 16.5. The van der Waals surface area contributed by atoms with Crippen molar-refractivity contribution in [2.24, 2.45) is 0 Å². The molecule has 0 radical (unpaired) electrons. The molecule has 1 atom stereocenters. The molecule has 1 aliphatic carbocycles. The van der Waals surface area contributed by atoms with Gasteiger partial charge in [-0.2, -0.15) is 0 Å². The van der Waals surface area contributed by atoms with Gasteiger partial charge < -0.3 is 4.43 Å². The number of rotatable bonds is 2. The summed E-state index contributed by atoms with van der Waals surface area (Å²) in [5.74, 6) is 0. The van der Waals surface area contributed by atoms with Crippen LogP contribution in [-0.2, 0) is 10.8 Å². The van der Waals surface area contributed by atoms with Crippen LogP contribution in [0.4, 0.5) is 0 Å². The van der Waals surface area contributed by atoms with Gasteiger partial charge in [0.15, 0.2) is 8.32 Å². The lowest BCUT2D eigenvalue weighted by Crippen LogP contribution is -2.42. The van der Waals surface area contributed by atoms with Crippen molar-refractivity contribution in [3.05, 3.63) is 70.8 Å². The Labute approximate surface area is 147 Å². The van der Waals surface area contributed by atoms with Crippen LogP contribution in [0.5, 0.6) is 0 Å². The monoisotopic (exact) mass is 336 g/mol. The first-order chi connectivity index (χ1) is 11.3. The molecule has 0 saturated carbocycles. The van der Waals surface area contributed by atoms with Gasteiger partial charge in [-0.05, 0) is 40.4 Å². The van der Waals surface area contributed by atoms with Gasteiger partial charge in [0.1, 0.15) is 0 Å². The molecular formula is C22H28OSi. The van der Waals surface area contributed by atoms with Crippen LogP contribution in [0.15, 0.2) is 48.5 Å². The smallest absolute Gasteiger partial charge is 0.192 e. The zero-order valence-electron chi connectivity index (χ0n) is 15.5. The summed E-state index contributed by atoms with van der Waals surface area (Å²) in [5, 5.41) is 0.208. The summed E-state index contributed by atoms with van der Waals surface area (Å²) in [4.78, 5) is 0. The van der Waals surface area contributed by atoms with Crippen molar-refractivity contribution >= 4 is 20.5 Å². The van der Waals surface area contributed by atoms with E-state index in [-0.39, 0.29) is 11.1 Å². The van der Waals surface area contributed by atoms with Crippen molar-refractivity contribution < 1.29 is 4.43 Å². The second-order valence-electron chi connectivity index (χ2n) is 8.23. The topological polar surface area (TPSA) is 9.23 Å². The lowest BCUT2D eigenvalue weighted by Gasteiger charge is -2.40. The van der Waals surface area contributed by atoms with Gasteiger partial charge >= 0.3 is 0 Å². The predicted octanol–water partition coefficient (Wildman–Crippen LogP) is 6.48. The molecule has 0 aliphatic heterocycles. The van der Waals surface area contributed by atoms with Crippen molar-refractivity contribution in [2.75, 3.05) is 0 Å². The Morgan fingerprint density at radius 2 is 1.46 bits per heavy atom. The van der Waals surface area contributed by atoms with Crippen LogP contribution < -0.4 is 0 Å². The second kappa shape index (κ2) is 6.34. The van der Waals surface area contributed by atoms with Gasteiger partial charge in [-0.3, -0.25) is 0 Å². The van der Waals surface area contributed by atoms with Gasteiger partial charge in [0.2, 0.25) is 0 Å². The molecule has 24 heavy (non-hydrogen) atoms. The Hall–Kier alpha value is -1.64. The van der Waals surface area contributed by atoms with Crippen LogP contribution in [0.3, 0.4) is 0 Å². The summed E-state index contributed by atoms with van der Waals surface area (Å²) in [6.07, 6.45) is 5.52. The molecule has 0 heterocycles. The summed E-state index contributed by atoms with van der Waals surface area (Å²) in [5.41, 5.74) is 5.26. The van der Waals surface area contributed by atoms with Crippen LogP contribution >= 0.6 is 0 Å². The van der Waals surface area contributed by atoms with E-state index < -0.39 is 8.32 Å². The Morgan fingerprint density at radius 3 is 2.17 bits per heavy atom. The van der Waals surface area contributed by atoms with Gasteiger partial charge in [0, 0.05) is 6.42 Å². The molecule has 1 aliphatic rings. The van der Waals surface area contributed by atoms with E-state index in [1.165, 1.54) is 22.3 Å². The molecule has 0 spiro atoms. The quantitative estimate of drug-likeness (QED) is 0.571. The molecule has 0 saturated heterocycles. The van der Waals surface area contributed by atoms with E-state index in [2.05, 4.69) is 94.5 Å². The number of hydrogen-bond acceptors (Lipinski definition) is 1. The highest BCUT2D eigenvalue weighted by Crippen LogP contribution is 2.42. The Bertz CT molecular complexity index is 753. The zero-order chi connectivity index (χ0) is 17.4. The van der Waals surface area contributed by atoms with Gasteiger partial charge in [0.25, 0.3) is 0 Å². The average Bonchev–Trinajstić information content (AvgIpc) is 2.50. The van der Waals surface area contributed by atoms with E-state index in [1.807, 2.05) is 0 Å². The maximum absolute atomic E-state index is 6.87. The fourth-order valence-corrected chi connectivity index (χ4v) is 4.24. The average molecular weight is 337 g/mol. The molecule has 1 unspecified atom stereocenters. The standard InChI is InChI=1S/C22H28OSi/c1-22(2,3)24(4,5)23-21-16-19-12-7-6-10-17(19)14-15-18-11-8-9-13-20(18)21/h6-15,21H,16H2,1-5H3/b15-14-. The first-order valence-electron chi connectivity index (χ1n) is 8.81. The van der Waals surface area contributed by atoms with Gasteiger partial charge in [-0.15, -0.1) is 0 Å². The van der Waals surface area contributed by atoms with Gasteiger partial charge in [-0.1, -0.05) is 81.5 Å². The Kier molecular flexibility index (Phi) is 4.54. The van der Waals surface area contributed by atoms with Crippen LogP contribution in [0, 0.1) is 0 Å². The summed E-state index contributed by atoms with van der Waals surface area (Å²) in [6.45, 7) is 11.6. The Morgan fingerprint density at radius 1 is 0.875 bits per heavy atom. The molecule has 2 aromatic carbocycles. The molecule has 0 amide bonds. The normalized spacial score (nSPS) is 19.0. The molecule has 3 rings (SSSR count). The largest absolute Gasteiger partial charge is 0.410 e. The first-order valence-corrected chi connectivity index (χ1v) is 11.7. The van der Waals surface area contributed by atoms with E-state index in [0.29, 0.717) is 0 Å². The molecule has 126 valence electrons. The molecule has 0 N–H and O–H groups in total. The van der Waals surface area contributed by atoms with Crippen molar-refractivity contribution in [1.82, 2.24) is 0 Å². The second-order valence-corrected chi connectivity index (χ2v) is 13.0. The Balaban J connectivity index is 2.06. The molecule has 1 nitrogen and oxygen atoms in total. The third-order valence-corrected chi connectivity index (χ3v) is 9.97. The molecule has 0 fully saturated rings.